The van der Waals surface area contributed by atoms with Crippen LogP contribution in [0.3, 0.4) is 0 Å². The van der Waals surface area contributed by atoms with Gasteiger partial charge in [0.05, 0.1) is 18.0 Å². The largest absolute Gasteiger partial charge is 0.392 e. The van der Waals surface area contributed by atoms with Crippen LogP contribution < -0.4 is 10.2 Å². The van der Waals surface area contributed by atoms with E-state index in [1.54, 1.807) is 4.90 Å². The van der Waals surface area contributed by atoms with Gasteiger partial charge in [-0.2, -0.15) is 0 Å². The number of hydrogen-bond acceptors (Lipinski definition) is 3. The van der Waals surface area contributed by atoms with Crippen molar-refractivity contribution in [1.82, 2.24) is 0 Å². The van der Waals surface area contributed by atoms with Crippen molar-refractivity contribution >= 4 is 17.3 Å². The molecule has 86 valence electrons. The minimum atomic E-state index is -0.207. The predicted octanol–water partition coefficient (Wildman–Crippen LogP) is 1.35. The number of benzene rings is 1. The first kappa shape index (κ1) is 11.0. The van der Waals surface area contributed by atoms with Gasteiger partial charge in [-0.05, 0) is 31.5 Å². The first-order valence-corrected chi connectivity index (χ1v) is 5.49. The van der Waals surface area contributed by atoms with Crippen LogP contribution in [0.2, 0.25) is 0 Å². The second-order valence-corrected chi connectivity index (χ2v) is 3.96. The van der Waals surface area contributed by atoms with Gasteiger partial charge in [-0.1, -0.05) is 6.07 Å². The van der Waals surface area contributed by atoms with E-state index in [0.717, 1.165) is 16.9 Å². The maximum atomic E-state index is 11.9. The maximum absolute atomic E-state index is 11.9. The summed E-state index contributed by atoms with van der Waals surface area (Å²) in [6.45, 7) is 4.49. The highest BCUT2D eigenvalue weighted by Crippen LogP contribution is 2.32. The van der Waals surface area contributed by atoms with Crippen LogP contribution in [0, 0.1) is 0 Å². The standard InChI is InChI=1S/C12H16N2O2/c1-3-14-11-5-4-9(7-15)6-10(11)13-8(2)12(14)16/h4-6,8,13,15H,3,7H2,1-2H3. The Morgan fingerprint density at radius 1 is 1.50 bits per heavy atom. The lowest BCUT2D eigenvalue weighted by Gasteiger charge is -2.33. The average Bonchev–Trinajstić information content (AvgIpc) is 2.30. The summed E-state index contributed by atoms with van der Waals surface area (Å²) < 4.78 is 0. The normalized spacial score (nSPS) is 19.3. The highest BCUT2D eigenvalue weighted by atomic mass is 16.3. The molecule has 0 saturated carbocycles. The van der Waals surface area contributed by atoms with Crippen LogP contribution >= 0.6 is 0 Å². The van der Waals surface area contributed by atoms with Gasteiger partial charge in [0.15, 0.2) is 0 Å². The van der Waals surface area contributed by atoms with Crippen molar-refractivity contribution in [3.05, 3.63) is 23.8 Å². The molecule has 4 heteroatoms. The molecule has 0 radical (unpaired) electrons. The number of aliphatic hydroxyl groups excluding tert-OH is 1. The third-order valence-corrected chi connectivity index (χ3v) is 2.86. The third kappa shape index (κ3) is 1.65. The Morgan fingerprint density at radius 2 is 2.25 bits per heavy atom. The van der Waals surface area contributed by atoms with Crippen LogP contribution in [-0.4, -0.2) is 23.6 Å². The quantitative estimate of drug-likeness (QED) is 0.791. The number of rotatable bonds is 2. The van der Waals surface area contributed by atoms with Crippen molar-refractivity contribution in [3.8, 4) is 0 Å². The lowest BCUT2D eigenvalue weighted by atomic mass is 10.1. The zero-order valence-electron chi connectivity index (χ0n) is 9.53. The average molecular weight is 220 g/mol. The van der Waals surface area contributed by atoms with Gasteiger partial charge in [0.1, 0.15) is 6.04 Å². The molecule has 1 aromatic carbocycles. The van der Waals surface area contributed by atoms with Crippen LogP contribution in [0.25, 0.3) is 0 Å². The molecule has 0 saturated heterocycles. The summed E-state index contributed by atoms with van der Waals surface area (Å²) in [5.41, 5.74) is 2.66. The first-order valence-electron chi connectivity index (χ1n) is 5.49. The Hall–Kier alpha value is -1.55. The predicted molar refractivity (Wildman–Crippen MR) is 63.5 cm³/mol. The molecule has 0 aromatic heterocycles. The van der Waals surface area contributed by atoms with Gasteiger partial charge in [0.2, 0.25) is 5.91 Å². The van der Waals surface area contributed by atoms with Gasteiger partial charge in [-0.3, -0.25) is 4.79 Å². The summed E-state index contributed by atoms with van der Waals surface area (Å²) in [6, 6.07) is 5.40. The van der Waals surface area contributed by atoms with E-state index in [-0.39, 0.29) is 18.6 Å². The van der Waals surface area contributed by atoms with Gasteiger partial charge in [-0.25, -0.2) is 0 Å². The second-order valence-electron chi connectivity index (χ2n) is 3.96. The number of hydrogen-bond donors (Lipinski definition) is 2. The number of carbonyl (C=O) groups excluding carboxylic acids is 1. The van der Waals surface area contributed by atoms with Crippen molar-refractivity contribution in [2.24, 2.45) is 0 Å². The molecule has 0 spiro atoms. The van der Waals surface area contributed by atoms with Gasteiger partial charge in [-0.15, -0.1) is 0 Å². The molecule has 1 amide bonds. The molecule has 1 aromatic rings. The third-order valence-electron chi connectivity index (χ3n) is 2.86. The lowest BCUT2D eigenvalue weighted by molar-refractivity contribution is -0.119. The molecule has 1 aliphatic heterocycles. The van der Waals surface area contributed by atoms with Gasteiger partial charge in [0.25, 0.3) is 0 Å². The SMILES string of the molecule is CCN1C(=O)C(C)Nc2cc(CO)ccc21. The molecule has 16 heavy (non-hydrogen) atoms. The molecule has 2 rings (SSSR count). The van der Waals surface area contributed by atoms with Crippen molar-refractivity contribution in [1.29, 1.82) is 0 Å². The van der Waals surface area contributed by atoms with Gasteiger partial charge >= 0.3 is 0 Å². The van der Waals surface area contributed by atoms with Crippen molar-refractivity contribution in [2.45, 2.75) is 26.5 Å². The van der Waals surface area contributed by atoms with Crippen LogP contribution in [-0.2, 0) is 11.4 Å². The van der Waals surface area contributed by atoms with Crippen molar-refractivity contribution in [3.63, 3.8) is 0 Å². The molecular formula is C12H16N2O2. The Labute approximate surface area is 94.9 Å². The Bertz CT molecular complexity index is 417. The van der Waals surface area contributed by atoms with Gasteiger partial charge < -0.3 is 15.3 Å². The van der Waals surface area contributed by atoms with Crippen molar-refractivity contribution < 1.29 is 9.90 Å². The van der Waals surface area contributed by atoms with E-state index < -0.39 is 0 Å². The molecule has 4 nitrogen and oxygen atoms in total. The molecular weight excluding hydrogens is 204 g/mol. The first-order chi connectivity index (χ1) is 7.67. The molecule has 0 bridgehead atoms. The molecule has 2 N–H and O–H groups in total. The summed E-state index contributed by atoms with van der Waals surface area (Å²) in [5.74, 6) is 0.0896. The van der Waals surface area contributed by atoms with Crippen LogP contribution in [0.15, 0.2) is 18.2 Å². The minimum Gasteiger partial charge on any atom is -0.392 e. The summed E-state index contributed by atoms with van der Waals surface area (Å²) in [5, 5.41) is 12.2. The van der Waals surface area contributed by atoms with E-state index in [1.807, 2.05) is 32.0 Å². The fraction of sp³-hybridized carbons (Fsp3) is 0.417. The Balaban J connectivity index is 2.46. The second kappa shape index (κ2) is 4.14. The van der Waals surface area contributed by atoms with E-state index in [1.165, 1.54) is 0 Å². The Morgan fingerprint density at radius 3 is 2.88 bits per heavy atom. The summed E-state index contributed by atoms with van der Waals surface area (Å²) in [7, 11) is 0. The molecule has 0 aliphatic carbocycles. The molecule has 1 heterocycles. The number of likely N-dealkylation sites (N-methyl/N-ethyl adjacent to an activating group) is 1. The number of nitrogens with zero attached hydrogens (tertiary/aromatic N) is 1. The summed E-state index contributed by atoms with van der Waals surface area (Å²) in [4.78, 5) is 13.6. The number of anilines is 2. The molecule has 1 unspecified atom stereocenters. The lowest BCUT2D eigenvalue weighted by Crippen LogP contribution is -2.45. The number of amides is 1. The zero-order chi connectivity index (χ0) is 11.7. The van der Waals surface area contributed by atoms with E-state index in [4.69, 9.17) is 5.11 Å². The molecule has 1 aliphatic rings. The van der Waals surface area contributed by atoms with Crippen LogP contribution in [0.4, 0.5) is 11.4 Å². The molecule has 0 fully saturated rings. The molecule has 1 atom stereocenters. The van der Waals surface area contributed by atoms with Crippen LogP contribution in [0.5, 0.6) is 0 Å². The fourth-order valence-corrected chi connectivity index (χ4v) is 2.01. The van der Waals surface area contributed by atoms with Gasteiger partial charge in [0, 0.05) is 6.54 Å². The van der Waals surface area contributed by atoms with E-state index in [2.05, 4.69) is 5.32 Å². The minimum absolute atomic E-state index is 0.0173. The monoisotopic (exact) mass is 220 g/mol. The smallest absolute Gasteiger partial charge is 0.249 e. The highest BCUT2D eigenvalue weighted by Gasteiger charge is 2.28. The maximum Gasteiger partial charge on any atom is 0.249 e. The van der Waals surface area contributed by atoms with Crippen molar-refractivity contribution in [2.75, 3.05) is 16.8 Å². The van der Waals surface area contributed by atoms with E-state index in [9.17, 15) is 4.79 Å². The number of nitrogens with one attached hydrogen (secondary N) is 1. The number of carbonyl (C=O) groups is 1. The highest BCUT2D eigenvalue weighted by molar-refractivity contribution is 6.04. The Kier molecular flexibility index (Phi) is 2.83. The van der Waals surface area contributed by atoms with E-state index in [0.29, 0.717) is 6.54 Å². The fourth-order valence-electron chi connectivity index (χ4n) is 2.01. The summed E-state index contributed by atoms with van der Waals surface area (Å²) in [6.07, 6.45) is 0. The summed E-state index contributed by atoms with van der Waals surface area (Å²) >= 11 is 0. The van der Waals surface area contributed by atoms with E-state index >= 15 is 0 Å². The number of aliphatic hydroxyl groups is 1. The zero-order valence-corrected chi connectivity index (χ0v) is 9.53. The van der Waals surface area contributed by atoms with Crippen LogP contribution in [0.1, 0.15) is 19.4 Å². The number of fused-ring (bicyclic) bond motifs is 1. The topological polar surface area (TPSA) is 52.6 Å².